The van der Waals surface area contributed by atoms with Crippen molar-refractivity contribution in [1.29, 1.82) is 0 Å². The summed E-state index contributed by atoms with van der Waals surface area (Å²) in [6, 6.07) is 20.5. The van der Waals surface area contributed by atoms with Crippen molar-refractivity contribution in [2.75, 3.05) is 6.54 Å². The zero-order valence-electron chi connectivity index (χ0n) is 17.1. The topological polar surface area (TPSA) is 12.0 Å². The molecular formula is C26H34ClN. The smallest absolute Gasteiger partial charge is 0.0205 e. The van der Waals surface area contributed by atoms with E-state index in [4.69, 9.17) is 0 Å². The van der Waals surface area contributed by atoms with E-state index in [1.165, 1.54) is 49.7 Å². The van der Waals surface area contributed by atoms with Crippen LogP contribution in [-0.4, -0.2) is 6.54 Å². The number of aryl methyl sites for hydroxylation is 1. The molecule has 2 aromatic rings. The van der Waals surface area contributed by atoms with Crippen LogP contribution in [0.25, 0.3) is 0 Å². The number of benzene rings is 2. The highest BCUT2D eigenvalue weighted by molar-refractivity contribution is 5.85. The molecule has 0 amide bonds. The Morgan fingerprint density at radius 3 is 2.04 bits per heavy atom. The van der Waals surface area contributed by atoms with Crippen LogP contribution in [0.3, 0.4) is 0 Å². The predicted molar refractivity (Wildman–Crippen MR) is 120 cm³/mol. The molecule has 0 spiro atoms. The first-order valence-corrected chi connectivity index (χ1v) is 11.1. The molecule has 6 rings (SSSR count). The van der Waals surface area contributed by atoms with E-state index in [1.54, 1.807) is 5.56 Å². The fourth-order valence-electron chi connectivity index (χ4n) is 7.04. The van der Waals surface area contributed by atoms with Gasteiger partial charge in [-0.2, -0.15) is 0 Å². The van der Waals surface area contributed by atoms with Crippen molar-refractivity contribution < 1.29 is 0 Å². The minimum Gasteiger partial charge on any atom is -0.313 e. The van der Waals surface area contributed by atoms with Gasteiger partial charge in [0.15, 0.2) is 0 Å². The van der Waals surface area contributed by atoms with E-state index in [1.807, 2.05) is 0 Å². The molecule has 1 N–H and O–H groups in total. The van der Waals surface area contributed by atoms with Crippen molar-refractivity contribution in [2.45, 2.75) is 57.4 Å². The number of rotatable bonds is 6. The standard InChI is InChI=1S/C26H33N.ClH/c1-19-7-9-23(10-8-19)26(11-12-27-18-20-5-3-2-4-6-20)24-14-21-13-22(16-24)17-25(26)15-21;/h2-10,21-22,24-25,27H,11-18H2,1H3;1H. The summed E-state index contributed by atoms with van der Waals surface area (Å²) in [5.74, 6) is 3.89. The first kappa shape index (κ1) is 20.0. The Morgan fingerprint density at radius 1 is 0.821 bits per heavy atom. The van der Waals surface area contributed by atoms with Crippen molar-refractivity contribution in [3.05, 3.63) is 71.3 Å². The van der Waals surface area contributed by atoms with Crippen LogP contribution >= 0.6 is 12.4 Å². The van der Waals surface area contributed by atoms with Crippen molar-refractivity contribution in [2.24, 2.45) is 23.7 Å². The highest BCUT2D eigenvalue weighted by Gasteiger charge is 2.57. The Balaban J connectivity index is 0.00000192. The maximum absolute atomic E-state index is 3.77. The van der Waals surface area contributed by atoms with Gasteiger partial charge in [0.25, 0.3) is 0 Å². The van der Waals surface area contributed by atoms with Crippen LogP contribution in [0.2, 0.25) is 0 Å². The molecular weight excluding hydrogens is 362 g/mol. The molecule has 4 aliphatic rings. The molecule has 0 heterocycles. The normalized spacial score (nSPS) is 32.9. The fraction of sp³-hybridized carbons (Fsp3) is 0.538. The minimum atomic E-state index is 0. The second-order valence-corrected chi connectivity index (χ2v) is 9.62. The number of hydrogen-bond donors (Lipinski definition) is 1. The van der Waals surface area contributed by atoms with Crippen LogP contribution in [0.4, 0.5) is 0 Å². The van der Waals surface area contributed by atoms with E-state index in [0.29, 0.717) is 5.41 Å². The van der Waals surface area contributed by atoms with Gasteiger partial charge in [0, 0.05) is 12.0 Å². The lowest BCUT2D eigenvalue weighted by Gasteiger charge is -2.62. The predicted octanol–water partition coefficient (Wildman–Crippen LogP) is 6.29. The Labute approximate surface area is 176 Å². The summed E-state index contributed by atoms with van der Waals surface area (Å²) in [6.45, 7) is 4.34. The Hall–Kier alpha value is -1.31. The van der Waals surface area contributed by atoms with Crippen LogP contribution in [0, 0.1) is 30.6 Å². The van der Waals surface area contributed by atoms with Crippen molar-refractivity contribution in [3.8, 4) is 0 Å². The average Bonchev–Trinajstić information content (AvgIpc) is 2.68. The third-order valence-electron chi connectivity index (χ3n) is 8.07. The van der Waals surface area contributed by atoms with E-state index in [0.717, 1.165) is 36.8 Å². The van der Waals surface area contributed by atoms with Crippen LogP contribution in [-0.2, 0) is 12.0 Å². The summed E-state index contributed by atoms with van der Waals surface area (Å²) in [5, 5.41) is 3.77. The van der Waals surface area contributed by atoms with Gasteiger partial charge in [0.2, 0.25) is 0 Å². The zero-order chi connectivity index (χ0) is 18.3. The molecule has 0 saturated heterocycles. The molecule has 1 nitrogen and oxygen atoms in total. The SMILES string of the molecule is Cc1ccc(C2(CCNCc3ccccc3)C3CC4CC(C3)CC2C4)cc1.Cl. The van der Waals surface area contributed by atoms with E-state index in [2.05, 4.69) is 66.8 Å². The second-order valence-electron chi connectivity index (χ2n) is 9.62. The van der Waals surface area contributed by atoms with Crippen LogP contribution in [0.5, 0.6) is 0 Å². The molecule has 0 radical (unpaired) electrons. The molecule has 150 valence electrons. The molecule has 4 fully saturated rings. The van der Waals surface area contributed by atoms with Gasteiger partial charge in [-0.15, -0.1) is 12.4 Å². The van der Waals surface area contributed by atoms with E-state index < -0.39 is 0 Å². The van der Waals surface area contributed by atoms with Gasteiger partial charge in [0.05, 0.1) is 0 Å². The fourth-order valence-corrected chi connectivity index (χ4v) is 7.04. The maximum Gasteiger partial charge on any atom is 0.0205 e. The lowest BCUT2D eigenvalue weighted by Crippen LogP contribution is -2.56. The summed E-state index contributed by atoms with van der Waals surface area (Å²) in [4.78, 5) is 0. The van der Waals surface area contributed by atoms with Crippen molar-refractivity contribution >= 4 is 12.4 Å². The highest BCUT2D eigenvalue weighted by Crippen LogP contribution is 2.64. The lowest BCUT2D eigenvalue weighted by atomic mass is 9.43. The Kier molecular flexibility index (Phi) is 5.86. The number of halogens is 1. The molecule has 2 aromatic carbocycles. The number of nitrogens with one attached hydrogen (secondary N) is 1. The highest BCUT2D eigenvalue weighted by atomic mass is 35.5. The molecule has 2 heteroatoms. The maximum atomic E-state index is 3.77. The minimum absolute atomic E-state index is 0. The molecule has 4 aliphatic carbocycles. The van der Waals surface area contributed by atoms with Gasteiger partial charge in [-0.1, -0.05) is 60.2 Å². The average molecular weight is 396 g/mol. The van der Waals surface area contributed by atoms with E-state index >= 15 is 0 Å². The summed E-state index contributed by atoms with van der Waals surface area (Å²) in [6.07, 6.45) is 8.78. The second kappa shape index (κ2) is 8.20. The van der Waals surface area contributed by atoms with Crippen LogP contribution in [0.1, 0.15) is 55.2 Å². The van der Waals surface area contributed by atoms with Gasteiger partial charge in [-0.05, 0) is 86.8 Å². The molecule has 0 unspecified atom stereocenters. The summed E-state index contributed by atoms with van der Waals surface area (Å²) >= 11 is 0. The van der Waals surface area contributed by atoms with E-state index in [-0.39, 0.29) is 12.4 Å². The molecule has 4 bridgehead atoms. The molecule has 4 saturated carbocycles. The molecule has 0 aliphatic heterocycles. The largest absolute Gasteiger partial charge is 0.313 e. The number of hydrogen-bond acceptors (Lipinski definition) is 1. The summed E-state index contributed by atoms with van der Waals surface area (Å²) in [5.41, 5.74) is 4.85. The van der Waals surface area contributed by atoms with Gasteiger partial charge in [-0.25, -0.2) is 0 Å². The van der Waals surface area contributed by atoms with Crippen LogP contribution in [0.15, 0.2) is 54.6 Å². The molecule has 28 heavy (non-hydrogen) atoms. The Bertz CT molecular complexity index is 739. The molecule has 0 atom stereocenters. The van der Waals surface area contributed by atoms with Gasteiger partial charge in [0.1, 0.15) is 0 Å². The summed E-state index contributed by atoms with van der Waals surface area (Å²) < 4.78 is 0. The Morgan fingerprint density at radius 2 is 1.43 bits per heavy atom. The zero-order valence-corrected chi connectivity index (χ0v) is 17.9. The van der Waals surface area contributed by atoms with Gasteiger partial charge in [-0.3, -0.25) is 0 Å². The third kappa shape index (κ3) is 3.53. The first-order valence-electron chi connectivity index (χ1n) is 11.1. The van der Waals surface area contributed by atoms with Crippen LogP contribution < -0.4 is 5.32 Å². The van der Waals surface area contributed by atoms with E-state index in [9.17, 15) is 0 Å². The lowest BCUT2D eigenvalue weighted by molar-refractivity contribution is -0.0647. The van der Waals surface area contributed by atoms with Crippen molar-refractivity contribution in [1.82, 2.24) is 5.32 Å². The van der Waals surface area contributed by atoms with Gasteiger partial charge < -0.3 is 5.32 Å². The van der Waals surface area contributed by atoms with Crippen molar-refractivity contribution in [3.63, 3.8) is 0 Å². The van der Waals surface area contributed by atoms with Gasteiger partial charge >= 0.3 is 0 Å². The quantitative estimate of drug-likeness (QED) is 0.566. The summed E-state index contributed by atoms with van der Waals surface area (Å²) in [7, 11) is 0. The molecule has 0 aromatic heterocycles. The third-order valence-corrected chi connectivity index (χ3v) is 8.07. The monoisotopic (exact) mass is 395 g/mol. The first-order chi connectivity index (χ1) is 13.2.